The lowest BCUT2D eigenvalue weighted by molar-refractivity contribution is -0.140. The van der Waals surface area contributed by atoms with Crippen LogP contribution in [0.25, 0.3) is 0 Å². The van der Waals surface area contributed by atoms with Crippen molar-refractivity contribution in [2.24, 2.45) is 0 Å². The molecule has 214 valence electrons. The van der Waals surface area contributed by atoms with Crippen molar-refractivity contribution < 1.29 is 27.5 Å². The first-order valence-corrected chi connectivity index (χ1v) is 14.4. The van der Waals surface area contributed by atoms with E-state index in [2.05, 4.69) is 5.32 Å². The van der Waals surface area contributed by atoms with Crippen molar-refractivity contribution >= 4 is 39.1 Å². The Morgan fingerprint density at radius 2 is 1.57 bits per heavy atom. The van der Waals surface area contributed by atoms with Crippen molar-refractivity contribution in [2.75, 3.05) is 32.1 Å². The second kappa shape index (κ2) is 13.5. The highest BCUT2D eigenvalue weighted by Gasteiger charge is 2.33. The molecule has 0 fully saturated rings. The van der Waals surface area contributed by atoms with Gasteiger partial charge in [-0.1, -0.05) is 48.4 Å². The number of benzene rings is 3. The summed E-state index contributed by atoms with van der Waals surface area (Å²) in [7, 11) is 0.0703. The molecule has 0 radical (unpaired) electrons. The molecule has 9 nitrogen and oxygen atoms in total. The molecule has 2 amide bonds. The Labute approximate surface area is 240 Å². The Morgan fingerprint density at radius 1 is 0.950 bits per heavy atom. The standard InChI is InChI=1S/C29H34ClN3O6S/c1-6-25(29(35)31-3)32(18-21-9-7-20(2)8-10-21)28(34)19-33(23-13-11-22(30)12-14-23)40(36,37)24-15-16-26(38-4)27(17-24)39-5/h7-17,25H,6,18-19H2,1-5H3,(H,31,35). The van der Waals surface area contributed by atoms with Gasteiger partial charge >= 0.3 is 0 Å². The van der Waals surface area contributed by atoms with Gasteiger partial charge in [0.1, 0.15) is 12.6 Å². The summed E-state index contributed by atoms with van der Waals surface area (Å²) in [4.78, 5) is 28.1. The Morgan fingerprint density at radius 3 is 2.12 bits per heavy atom. The molecule has 0 spiro atoms. The van der Waals surface area contributed by atoms with E-state index >= 15 is 0 Å². The monoisotopic (exact) mass is 587 g/mol. The van der Waals surface area contributed by atoms with Crippen molar-refractivity contribution in [1.82, 2.24) is 10.2 Å². The molecule has 40 heavy (non-hydrogen) atoms. The van der Waals surface area contributed by atoms with Crippen molar-refractivity contribution in [1.29, 1.82) is 0 Å². The van der Waals surface area contributed by atoms with E-state index in [0.29, 0.717) is 17.2 Å². The Balaban J connectivity index is 2.08. The predicted octanol–water partition coefficient (Wildman–Crippen LogP) is 4.41. The van der Waals surface area contributed by atoms with E-state index in [0.717, 1.165) is 15.4 Å². The SMILES string of the molecule is CCC(C(=O)NC)N(Cc1ccc(C)cc1)C(=O)CN(c1ccc(Cl)cc1)S(=O)(=O)c1ccc(OC)c(OC)c1. The largest absolute Gasteiger partial charge is 0.493 e. The van der Waals surface area contributed by atoms with E-state index in [4.69, 9.17) is 21.1 Å². The summed E-state index contributed by atoms with van der Waals surface area (Å²) in [6.45, 7) is 3.31. The first-order valence-electron chi connectivity index (χ1n) is 12.6. The maximum Gasteiger partial charge on any atom is 0.264 e. The number of carbonyl (C=O) groups is 2. The third-order valence-electron chi connectivity index (χ3n) is 6.44. The van der Waals surface area contributed by atoms with Crippen molar-refractivity contribution in [3.05, 3.63) is 82.9 Å². The first-order chi connectivity index (χ1) is 19.0. The molecule has 0 saturated heterocycles. The van der Waals surface area contributed by atoms with Crippen LogP contribution >= 0.6 is 11.6 Å². The van der Waals surface area contributed by atoms with Crippen LogP contribution in [-0.4, -0.2) is 59.0 Å². The minimum absolute atomic E-state index is 0.101. The highest BCUT2D eigenvalue weighted by molar-refractivity contribution is 7.92. The summed E-state index contributed by atoms with van der Waals surface area (Å²) in [5, 5.41) is 3.02. The van der Waals surface area contributed by atoms with Gasteiger partial charge in [0.25, 0.3) is 10.0 Å². The fourth-order valence-electron chi connectivity index (χ4n) is 4.22. The molecular formula is C29H34ClN3O6S. The molecule has 0 aliphatic carbocycles. The predicted molar refractivity (Wildman–Crippen MR) is 155 cm³/mol. The molecule has 0 aliphatic rings. The number of sulfonamides is 1. The quantitative estimate of drug-likeness (QED) is 0.336. The maximum atomic E-state index is 14.0. The summed E-state index contributed by atoms with van der Waals surface area (Å²) < 4.78 is 39.6. The summed E-state index contributed by atoms with van der Waals surface area (Å²) in [6.07, 6.45) is 0.334. The zero-order valence-corrected chi connectivity index (χ0v) is 24.8. The zero-order chi connectivity index (χ0) is 29.4. The average molecular weight is 588 g/mol. The Kier molecular flexibility index (Phi) is 10.4. The fraction of sp³-hybridized carbons (Fsp3) is 0.310. The molecule has 1 atom stereocenters. The van der Waals surface area contributed by atoms with E-state index in [1.807, 2.05) is 31.2 Å². The van der Waals surface area contributed by atoms with E-state index in [9.17, 15) is 18.0 Å². The molecule has 3 aromatic carbocycles. The minimum atomic E-state index is -4.28. The van der Waals surface area contributed by atoms with E-state index in [1.165, 1.54) is 56.5 Å². The van der Waals surface area contributed by atoms with E-state index in [-0.39, 0.29) is 28.8 Å². The number of ether oxygens (including phenoxy) is 2. The topological polar surface area (TPSA) is 105 Å². The molecule has 0 bridgehead atoms. The van der Waals surface area contributed by atoms with Crippen molar-refractivity contribution in [2.45, 2.75) is 37.8 Å². The molecule has 1 N–H and O–H groups in total. The molecule has 3 rings (SSSR count). The molecule has 0 aromatic heterocycles. The van der Waals surface area contributed by atoms with Gasteiger partial charge in [0.2, 0.25) is 11.8 Å². The van der Waals surface area contributed by atoms with Gasteiger partial charge in [0.05, 0.1) is 24.8 Å². The van der Waals surface area contributed by atoms with Gasteiger partial charge < -0.3 is 19.7 Å². The Hall–Kier alpha value is -3.76. The van der Waals surface area contributed by atoms with Crippen LogP contribution in [0.2, 0.25) is 5.02 Å². The fourth-order valence-corrected chi connectivity index (χ4v) is 5.77. The number of anilines is 1. The van der Waals surface area contributed by atoms with Crippen molar-refractivity contribution in [3.8, 4) is 11.5 Å². The normalized spacial score (nSPS) is 11.8. The third kappa shape index (κ3) is 7.05. The number of aryl methyl sites for hydroxylation is 1. The van der Waals surface area contributed by atoms with Crippen LogP contribution in [0, 0.1) is 6.92 Å². The number of amides is 2. The lowest BCUT2D eigenvalue weighted by Gasteiger charge is -2.33. The lowest BCUT2D eigenvalue weighted by atomic mass is 10.1. The lowest BCUT2D eigenvalue weighted by Crippen LogP contribution is -2.51. The second-order valence-electron chi connectivity index (χ2n) is 9.05. The van der Waals surface area contributed by atoms with Crippen molar-refractivity contribution in [3.63, 3.8) is 0 Å². The van der Waals surface area contributed by atoms with E-state index in [1.54, 1.807) is 19.1 Å². The van der Waals surface area contributed by atoms with Gasteiger partial charge in [-0.05, 0) is 55.3 Å². The summed E-state index contributed by atoms with van der Waals surface area (Å²) in [5.74, 6) is -0.312. The van der Waals surface area contributed by atoms with Gasteiger partial charge in [-0.25, -0.2) is 8.42 Å². The van der Waals surface area contributed by atoms with Gasteiger partial charge in [0.15, 0.2) is 11.5 Å². The average Bonchev–Trinajstić information content (AvgIpc) is 2.96. The van der Waals surface area contributed by atoms with Gasteiger partial charge in [0, 0.05) is 24.7 Å². The van der Waals surface area contributed by atoms with Gasteiger partial charge in [-0.2, -0.15) is 0 Å². The van der Waals surface area contributed by atoms with Crippen LogP contribution < -0.4 is 19.1 Å². The molecule has 1 unspecified atom stereocenters. The van der Waals surface area contributed by atoms with Crippen LogP contribution in [0.3, 0.4) is 0 Å². The molecule has 0 aliphatic heterocycles. The zero-order valence-electron chi connectivity index (χ0n) is 23.2. The first kappa shape index (κ1) is 30.8. The number of likely N-dealkylation sites (N-methyl/N-ethyl adjacent to an activating group) is 1. The van der Waals surface area contributed by atoms with Crippen LogP contribution in [0.4, 0.5) is 5.69 Å². The highest BCUT2D eigenvalue weighted by atomic mass is 35.5. The van der Waals surface area contributed by atoms with Crippen LogP contribution in [0.5, 0.6) is 11.5 Å². The molecule has 11 heteroatoms. The Bertz CT molecular complexity index is 1430. The third-order valence-corrected chi connectivity index (χ3v) is 8.46. The van der Waals surface area contributed by atoms with Gasteiger partial charge in [-0.15, -0.1) is 0 Å². The number of carbonyl (C=O) groups excluding carboxylic acids is 2. The number of methoxy groups -OCH3 is 2. The van der Waals surface area contributed by atoms with Crippen LogP contribution in [0.15, 0.2) is 71.6 Å². The maximum absolute atomic E-state index is 14.0. The molecule has 3 aromatic rings. The van der Waals surface area contributed by atoms with Gasteiger partial charge in [-0.3, -0.25) is 13.9 Å². The molecule has 0 heterocycles. The number of nitrogens with zero attached hydrogens (tertiary/aromatic N) is 2. The number of nitrogens with one attached hydrogen (secondary N) is 1. The number of hydrogen-bond donors (Lipinski definition) is 1. The summed E-state index contributed by atoms with van der Waals surface area (Å²) in [5.41, 5.74) is 2.09. The number of rotatable bonds is 12. The minimum Gasteiger partial charge on any atom is -0.493 e. The second-order valence-corrected chi connectivity index (χ2v) is 11.3. The molecule has 0 saturated carbocycles. The summed E-state index contributed by atoms with van der Waals surface area (Å²) in [6, 6.07) is 17.1. The summed E-state index contributed by atoms with van der Waals surface area (Å²) >= 11 is 6.07. The highest BCUT2D eigenvalue weighted by Crippen LogP contribution is 2.32. The number of hydrogen-bond acceptors (Lipinski definition) is 6. The van der Waals surface area contributed by atoms with Crippen LogP contribution in [-0.2, 0) is 26.2 Å². The number of halogens is 1. The molecular weight excluding hydrogens is 554 g/mol. The van der Waals surface area contributed by atoms with Crippen LogP contribution in [0.1, 0.15) is 24.5 Å². The smallest absolute Gasteiger partial charge is 0.264 e. The van der Waals surface area contributed by atoms with E-state index < -0.39 is 28.5 Å².